The van der Waals surface area contributed by atoms with E-state index < -0.39 is 17.3 Å². The van der Waals surface area contributed by atoms with Crippen LogP contribution in [-0.2, 0) is 20.8 Å². The number of carboxylic acid groups (broad SMARTS) is 1. The largest absolute Gasteiger partial charge is 0.481 e. The fourth-order valence-corrected chi connectivity index (χ4v) is 4.20. The summed E-state index contributed by atoms with van der Waals surface area (Å²) < 4.78 is 0. The molecular formula is C19H23N3O4. The van der Waals surface area contributed by atoms with Crippen LogP contribution in [0.3, 0.4) is 0 Å². The van der Waals surface area contributed by atoms with E-state index in [0.29, 0.717) is 18.9 Å². The lowest BCUT2D eigenvalue weighted by molar-refractivity contribution is -0.150. The van der Waals surface area contributed by atoms with Crippen molar-refractivity contribution >= 4 is 17.8 Å². The molecule has 2 aliphatic heterocycles. The molecule has 1 aromatic rings. The second kappa shape index (κ2) is 6.37. The van der Waals surface area contributed by atoms with Gasteiger partial charge >= 0.3 is 5.97 Å². The molecule has 0 unspecified atom stereocenters. The summed E-state index contributed by atoms with van der Waals surface area (Å²) in [6, 6.07) is 5.56. The van der Waals surface area contributed by atoms with Gasteiger partial charge in [-0.25, -0.2) is 0 Å². The van der Waals surface area contributed by atoms with Crippen LogP contribution in [0.5, 0.6) is 0 Å². The number of carbonyl (C=O) groups is 3. The van der Waals surface area contributed by atoms with Crippen molar-refractivity contribution in [3.05, 3.63) is 30.1 Å². The summed E-state index contributed by atoms with van der Waals surface area (Å²) in [6.07, 6.45) is 4.72. The van der Waals surface area contributed by atoms with Crippen molar-refractivity contribution in [1.29, 1.82) is 0 Å². The lowest BCUT2D eigenvalue weighted by atomic mass is 9.81. The van der Waals surface area contributed by atoms with Crippen molar-refractivity contribution in [3.8, 4) is 0 Å². The molecule has 2 amide bonds. The lowest BCUT2D eigenvalue weighted by Crippen LogP contribution is -2.42. The minimum absolute atomic E-state index is 0.0978. The number of rotatable bonds is 6. The summed E-state index contributed by atoms with van der Waals surface area (Å²) in [5.74, 6) is -1.25. The van der Waals surface area contributed by atoms with E-state index >= 15 is 0 Å². The standard InChI is InChI=1S/C19H23N3O4/c23-16(7-6-14-3-1-2-8-20-14)21-10-15-17(24)22(9-13-4-5-13)12-19(15,11-21)18(25)26/h1-3,8,13,15H,4-7,9-12H2,(H,25,26)/t15-,19-/m0/s1. The van der Waals surface area contributed by atoms with Crippen molar-refractivity contribution in [2.24, 2.45) is 17.3 Å². The Morgan fingerprint density at radius 3 is 2.69 bits per heavy atom. The highest BCUT2D eigenvalue weighted by molar-refractivity contribution is 5.94. The van der Waals surface area contributed by atoms with Gasteiger partial charge < -0.3 is 14.9 Å². The first kappa shape index (κ1) is 17.0. The van der Waals surface area contributed by atoms with Gasteiger partial charge in [-0.1, -0.05) is 6.07 Å². The Labute approximate surface area is 152 Å². The van der Waals surface area contributed by atoms with Gasteiger partial charge in [0.15, 0.2) is 0 Å². The van der Waals surface area contributed by atoms with Crippen LogP contribution in [0.4, 0.5) is 0 Å². The Hall–Kier alpha value is -2.44. The van der Waals surface area contributed by atoms with Gasteiger partial charge in [0.25, 0.3) is 0 Å². The summed E-state index contributed by atoms with van der Waals surface area (Å²) in [7, 11) is 0. The summed E-state index contributed by atoms with van der Waals surface area (Å²) >= 11 is 0. The topological polar surface area (TPSA) is 90.8 Å². The number of aromatic nitrogens is 1. The van der Waals surface area contributed by atoms with Gasteiger partial charge in [0, 0.05) is 44.5 Å². The van der Waals surface area contributed by atoms with Gasteiger partial charge in [0.05, 0.1) is 5.92 Å². The Bertz CT molecular complexity index is 734. The number of likely N-dealkylation sites (tertiary alicyclic amines) is 2. The zero-order valence-electron chi connectivity index (χ0n) is 14.6. The molecule has 3 aliphatic rings. The van der Waals surface area contributed by atoms with Crippen LogP contribution < -0.4 is 0 Å². The zero-order chi connectivity index (χ0) is 18.3. The van der Waals surface area contributed by atoms with Crippen LogP contribution in [0, 0.1) is 17.3 Å². The third kappa shape index (κ3) is 2.95. The lowest BCUT2D eigenvalue weighted by Gasteiger charge is -2.25. The van der Waals surface area contributed by atoms with E-state index in [1.807, 2.05) is 18.2 Å². The predicted molar refractivity (Wildman–Crippen MR) is 92.0 cm³/mol. The first-order valence-electron chi connectivity index (χ1n) is 9.19. The highest BCUT2D eigenvalue weighted by Gasteiger charge is 2.62. The molecule has 0 radical (unpaired) electrons. The van der Waals surface area contributed by atoms with E-state index in [4.69, 9.17) is 0 Å². The van der Waals surface area contributed by atoms with E-state index in [-0.39, 0.29) is 37.9 Å². The molecule has 0 bridgehead atoms. The number of fused-ring (bicyclic) bond motifs is 1. The fraction of sp³-hybridized carbons (Fsp3) is 0.579. The summed E-state index contributed by atoms with van der Waals surface area (Å²) in [6.45, 7) is 1.23. The number of amides is 2. The van der Waals surface area contributed by atoms with Crippen LogP contribution in [-0.4, -0.2) is 63.9 Å². The quantitative estimate of drug-likeness (QED) is 0.813. The second-order valence-electron chi connectivity index (χ2n) is 7.77. The highest BCUT2D eigenvalue weighted by Crippen LogP contribution is 2.45. The summed E-state index contributed by atoms with van der Waals surface area (Å²) in [4.78, 5) is 44.8. The number of hydrogen-bond donors (Lipinski definition) is 1. The van der Waals surface area contributed by atoms with Crippen LogP contribution in [0.15, 0.2) is 24.4 Å². The molecule has 4 rings (SSSR count). The number of carboxylic acids is 1. The number of pyridine rings is 1. The Kier molecular flexibility index (Phi) is 4.17. The van der Waals surface area contributed by atoms with E-state index in [0.717, 1.165) is 18.5 Å². The molecule has 138 valence electrons. The van der Waals surface area contributed by atoms with Crippen molar-refractivity contribution in [2.75, 3.05) is 26.2 Å². The molecule has 7 heteroatoms. The molecule has 7 nitrogen and oxygen atoms in total. The van der Waals surface area contributed by atoms with Crippen LogP contribution >= 0.6 is 0 Å². The van der Waals surface area contributed by atoms with E-state index in [1.54, 1.807) is 16.0 Å². The van der Waals surface area contributed by atoms with Crippen molar-refractivity contribution in [1.82, 2.24) is 14.8 Å². The normalized spacial score (nSPS) is 27.7. The third-order valence-corrected chi connectivity index (χ3v) is 5.90. The maximum atomic E-state index is 12.7. The van der Waals surface area contributed by atoms with Gasteiger partial charge in [-0.05, 0) is 37.3 Å². The molecule has 3 fully saturated rings. The van der Waals surface area contributed by atoms with Gasteiger partial charge in [0.2, 0.25) is 11.8 Å². The molecule has 3 heterocycles. The van der Waals surface area contributed by atoms with E-state index in [1.165, 1.54) is 0 Å². The Morgan fingerprint density at radius 2 is 2.08 bits per heavy atom. The smallest absolute Gasteiger partial charge is 0.314 e. The van der Waals surface area contributed by atoms with Crippen molar-refractivity contribution < 1.29 is 19.5 Å². The maximum Gasteiger partial charge on any atom is 0.314 e. The summed E-state index contributed by atoms with van der Waals surface area (Å²) in [5.41, 5.74) is -0.313. The number of nitrogens with zero attached hydrogens (tertiary/aromatic N) is 3. The number of hydrogen-bond acceptors (Lipinski definition) is 4. The molecule has 2 atom stereocenters. The molecule has 1 aliphatic carbocycles. The average Bonchev–Trinajstić information content (AvgIpc) is 3.30. The SMILES string of the molecule is O=C(CCc1ccccn1)N1C[C@H]2C(=O)N(CC3CC3)C[C@@]2(C(=O)O)C1. The number of aliphatic carboxylic acids is 1. The first-order chi connectivity index (χ1) is 12.5. The van der Waals surface area contributed by atoms with Crippen LogP contribution in [0.1, 0.15) is 25.0 Å². The van der Waals surface area contributed by atoms with Gasteiger partial charge in [0.1, 0.15) is 5.41 Å². The molecule has 2 saturated heterocycles. The van der Waals surface area contributed by atoms with Crippen LogP contribution in [0.25, 0.3) is 0 Å². The van der Waals surface area contributed by atoms with E-state index in [9.17, 15) is 19.5 Å². The number of aryl methyl sites for hydroxylation is 1. The molecular weight excluding hydrogens is 334 g/mol. The van der Waals surface area contributed by atoms with Crippen molar-refractivity contribution in [2.45, 2.75) is 25.7 Å². The molecule has 1 aromatic heterocycles. The Balaban J connectivity index is 1.42. The molecule has 1 N–H and O–H groups in total. The first-order valence-corrected chi connectivity index (χ1v) is 9.19. The monoisotopic (exact) mass is 357 g/mol. The third-order valence-electron chi connectivity index (χ3n) is 5.90. The minimum atomic E-state index is -1.15. The average molecular weight is 357 g/mol. The highest BCUT2D eigenvalue weighted by atomic mass is 16.4. The van der Waals surface area contributed by atoms with Crippen LogP contribution in [0.2, 0.25) is 0 Å². The minimum Gasteiger partial charge on any atom is -0.481 e. The summed E-state index contributed by atoms with van der Waals surface area (Å²) in [5, 5.41) is 9.84. The van der Waals surface area contributed by atoms with Gasteiger partial charge in [-0.3, -0.25) is 19.4 Å². The fourth-order valence-electron chi connectivity index (χ4n) is 4.20. The maximum absolute atomic E-state index is 12.7. The Morgan fingerprint density at radius 1 is 1.27 bits per heavy atom. The van der Waals surface area contributed by atoms with E-state index in [2.05, 4.69) is 4.98 Å². The molecule has 1 saturated carbocycles. The molecule has 0 spiro atoms. The van der Waals surface area contributed by atoms with Crippen molar-refractivity contribution in [3.63, 3.8) is 0 Å². The zero-order valence-corrected chi connectivity index (χ0v) is 14.6. The predicted octanol–water partition coefficient (Wildman–Crippen LogP) is 0.796. The molecule has 0 aromatic carbocycles. The second-order valence-corrected chi connectivity index (χ2v) is 7.77. The van der Waals surface area contributed by atoms with Gasteiger partial charge in [-0.15, -0.1) is 0 Å². The molecule has 26 heavy (non-hydrogen) atoms. The number of carbonyl (C=O) groups excluding carboxylic acids is 2. The van der Waals surface area contributed by atoms with Gasteiger partial charge in [-0.2, -0.15) is 0 Å².